The number of ether oxygens (including phenoxy) is 1. The van der Waals surface area contributed by atoms with E-state index in [-0.39, 0.29) is 12.3 Å². The van der Waals surface area contributed by atoms with Crippen LogP contribution >= 0.6 is 0 Å². The maximum atomic E-state index is 12.7. The molecule has 0 spiro atoms. The van der Waals surface area contributed by atoms with Gasteiger partial charge in [0.25, 0.3) is 0 Å². The van der Waals surface area contributed by atoms with E-state index in [1.54, 1.807) is 0 Å². The lowest BCUT2D eigenvalue weighted by Gasteiger charge is -2.23. The third kappa shape index (κ3) is 7.58. The van der Waals surface area contributed by atoms with E-state index < -0.39 is 41.6 Å². The third-order valence-electron chi connectivity index (χ3n) is 3.92. The van der Waals surface area contributed by atoms with Crippen molar-refractivity contribution in [1.82, 2.24) is 10.6 Å². The quantitative estimate of drug-likeness (QED) is 0.655. The first-order valence-electron chi connectivity index (χ1n) is 8.75. The molecular weight excluding hydrogens is 377 g/mol. The number of halogens is 3. The standard InChI is InChI=1S/C19H25F3N2O4/c1-11(2)9-15(23-12(3)25)17(26)24-16(18(27)28-4)10-13-5-7-14(8-6-13)19(20,21)22/h5-8,11,15-16H,9-10H2,1-4H3,(H,23,25)(H,24,26)/t15-,16-/m0/s1. The number of alkyl halides is 3. The van der Waals surface area contributed by atoms with Crippen molar-refractivity contribution in [3.63, 3.8) is 0 Å². The highest BCUT2D eigenvalue weighted by atomic mass is 19.4. The molecule has 0 fully saturated rings. The highest BCUT2D eigenvalue weighted by Gasteiger charge is 2.31. The van der Waals surface area contributed by atoms with Crippen molar-refractivity contribution in [3.05, 3.63) is 35.4 Å². The third-order valence-corrected chi connectivity index (χ3v) is 3.92. The summed E-state index contributed by atoms with van der Waals surface area (Å²) in [6, 6.07) is 2.36. The fraction of sp³-hybridized carbons (Fsp3) is 0.526. The Kier molecular flexibility index (Phi) is 8.46. The Labute approximate surface area is 161 Å². The zero-order chi connectivity index (χ0) is 21.5. The van der Waals surface area contributed by atoms with Crippen LogP contribution in [0.2, 0.25) is 0 Å². The van der Waals surface area contributed by atoms with Crippen molar-refractivity contribution in [3.8, 4) is 0 Å². The second-order valence-electron chi connectivity index (χ2n) is 6.87. The van der Waals surface area contributed by atoms with E-state index >= 15 is 0 Å². The zero-order valence-electron chi connectivity index (χ0n) is 16.2. The number of carbonyl (C=O) groups excluding carboxylic acids is 3. The lowest BCUT2D eigenvalue weighted by Crippen LogP contribution is -2.52. The average molecular weight is 402 g/mol. The Balaban J connectivity index is 2.94. The van der Waals surface area contributed by atoms with Gasteiger partial charge < -0.3 is 15.4 Å². The number of hydrogen-bond donors (Lipinski definition) is 2. The molecule has 0 saturated heterocycles. The van der Waals surface area contributed by atoms with E-state index in [2.05, 4.69) is 15.4 Å². The van der Waals surface area contributed by atoms with E-state index in [0.29, 0.717) is 12.0 Å². The van der Waals surface area contributed by atoms with Gasteiger partial charge in [-0.25, -0.2) is 4.79 Å². The molecule has 2 atom stereocenters. The van der Waals surface area contributed by atoms with Gasteiger partial charge in [-0.2, -0.15) is 13.2 Å². The summed E-state index contributed by atoms with van der Waals surface area (Å²) >= 11 is 0. The normalized spacial score (nSPS) is 13.6. The van der Waals surface area contributed by atoms with E-state index in [4.69, 9.17) is 0 Å². The molecule has 2 N–H and O–H groups in total. The summed E-state index contributed by atoms with van der Waals surface area (Å²) in [5, 5.41) is 5.05. The van der Waals surface area contributed by atoms with Crippen molar-refractivity contribution < 1.29 is 32.3 Å². The number of hydrogen-bond acceptors (Lipinski definition) is 4. The fourth-order valence-corrected chi connectivity index (χ4v) is 2.62. The van der Waals surface area contributed by atoms with E-state index in [0.717, 1.165) is 19.2 Å². The Morgan fingerprint density at radius 3 is 2.04 bits per heavy atom. The smallest absolute Gasteiger partial charge is 0.416 e. The van der Waals surface area contributed by atoms with Gasteiger partial charge in [0.1, 0.15) is 12.1 Å². The maximum absolute atomic E-state index is 12.7. The van der Waals surface area contributed by atoms with Gasteiger partial charge in [0, 0.05) is 13.3 Å². The summed E-state index contributed by atoms with van der Waals surface area (Å²) in [4.78, 5) is 35.9. The number of methoxy groups -OCH3 is 1. The Morgan fingerprint density at radius 1 is 1.04 bits per heavy atom. The van der Waals surface area contributed by atoms with Crippen LogP contribution in [0.1, 0.15) is 38.3 Å². The predicted octanol–water partition coefficient (Wildman–Crippen LogP) is 2.46. The van der Waals surface area contributed by atoms with Crippen LogP contribution in [0.5, 0.6) is 0 Å². The van der Waals surface area contributed by atoms with E-state index in [1.807, 2.05) is 13.8 Å². The number of esters is 1. The maximum Gasteiger partial charge on any atom is 0.416 e. The van der Waals surface area contributed by atoms with Gasteiger partial charge in [-0.1, -0.05) is 26.0 Å². The Bertz CT molecular complexity index is 687. The summed E-state index contributed by atoms with van der Waals surface area (Å²) < 4.78 is 42.7. The number of nitrogens with one attached hydrogen (secondary N) is 2. The first-order chi connectivity index (χ1) is 12.9. The SMILES string of the molecule is COC(=O)[C@H](Cc1ccc(C(F)(F)F)cc1)NC(=O)[C@H](CC(C)C)NC(C)=O. The minimum atomic E-state index is -4.46. The molecule has 1 aromatic rings. The lowest BCUT2D eigenvalue weighted by molar-refractivity contribution is -0.145. The van der Waals surface area contributed by atoms with Crippen LogP contribution < -0.4 is 10.6 Å². The molecule has 0 bridgehead atoms. The van der Waals surface area contributed by atoms with Crippen LogP contribution in [0.3, 0.4) is 0 Å². The molecule has 6 nitrogen and oxygen atoms in total. The molecule has 0 aliphatic rings. The van der Waals surface area contributed by atoms with Crippen LogP contribution in [0.15, 0.2) is 24.3 Å². The molecule has 9 heteroatoms. The molecule has 156 valence electrons. The summed E-state index contributed by atoms with van der Waals surface area (Å²) in [5.74, 6) is -1.59. The topological polar surface area (TPSA) is 84.5 Å². The van der Waals surface area contributed by atoms with E-state index in [1.165, 1.54) is 19.1 Å². The Morgan fingerprint density at radius 2 is 1.61 bits per heavy atom. The first kappa shape index (κ1) is 23.5. The summed E-state index contributed by atoms with van der Waals surface area (Å²) in [7, 11) is 1.15. The van der Waals surface area contributed by atoms with Gasteiger partial charge in [0.05, 0.1) is 12.7 Å². The fourth-order valence-electron chi connectivity index (χ4n) is 2.62. The molecule has 28 heavy (non-hydrogen) atoms. The minimum absolute atomic E-state index is 0.0506. The molecule has 0 radical (unpaired) electrons. The molecule has 1 aromatic carbocycles. The first-order valence-corrected chi connectivity index (χ1v) is 8.75. The molecule has 0 aromatic heterocycles. The minimum Gasteiger partial charge on any atom is -0.467 e. The van der Waals surface area contributed by atoms with Crippen molar-refractivity contribution in [2.45, 2.75) is 51.9 Å². The zero-order valence-corrected chi connectivity index (χ0v) is 16.2. The van der Waals surface area contributed by atoms with Crippen molar-refractivity contribution >= 4 is 17.8 Å². The van der Waals surface area contributed by atoms with Crippen LogP contribution in [-0.2, 0) is 31.7 Å². The molecule has 0 saturated carbocycles. The summed E-state index contributed by atoms with van der Waals surface area (Å²) in [5.41, 5.74) is -0.388. The number of carbonyl (C=O) groups is 3. The van der Waals surface area contributed by atoms with Gasteiger partial charge in [-0.3, -0.25) is 9.59 Å². The number of rotatable bonds is 8. The van der Waals surface area contributed by atoms with Crippen LogP contribution in [0.4, 0.5) is 13.2 Å². The monoisotopic (exact) mass is 402 g/mol. The second-order valence-corrected chi connectivity index (χ2v) is 6.87. The molecular formula is C19H25F3N2O4. The largest absolute Gasteiger partial charge is 0.467 e. The van der Waals surface area contributed by atoms with E-state index in [9.17, 15) is 27.6 Å². The van der Waals surface area contributed by atoms with Crippen molar-refractivity contribution in [1.29, 1.82) is 0 Å². The summed E-state index contributed by atoms with van der Waals surface area (Å²) in [6.45, 7) is 5.03. The lowest BCUT2D eigenvalue weighted by atomic mass is 10.0. The Hall–Kier alpha value is -2.58. The van der Waals surface area contributed by atoms with Crippen molar-refractivity contribution in [2.24, 2.45) is 5.92 Å². The average Bonchev–Trinajstić information content (AvgIpc) is 2.58. The van der Waals surface area contributed by atoms with Crippen LogP contribution in [0, 0.1) is 5.92 Å². The highest BCUT2D eigenvalue weighted by Crippen LogP contribution is 2.29. The number of benzene rings is 1. The van der Waals surface area contributed by atoms with Gasteiger partial charge in [0.15, 0.2) is 0 Å². The van der Waals surface area contributed by atoms with Crippen LogP contribution in [-0.4, -0.2) is 37.0 Å². The highest BCUT2D eigenvalue weighted by molar-refractivity contribution is 5.90. The molecule has 0 aliphatic heterocycles. The van der Waals surface area contributed by atoms with Crippen molar-refractivity contribution in [2.75, 3.05) is 7.11 Å². The molecule has 0 aliphatic carbocycles. The second kappa shape index (κ2) is 10.1. The van der Waals surface area contributed by atoms with Gasteiger partial charge in [0.2, 0.25) is 11.8 Å². The number of amides is 2. The molecule has 2 amide bonds. The van der Waals surface area contributed by atoms with Gasteiger partial charge in [-0.05, 0) is 30.0 Å². The van der Waals surface area contributed by atoms with Crippen LogP contribution in [0.25, 0.3) is 0 Å². The predicted molar refractivity (Wildman–Crippen MR) is 96.2 cm³/mol. The summed E-state index contributed by atoms with van der Waals surface area (Å²) in [6.07, 6.45) is -4.15. The molecule has 0 unspecified atom stereocenters. The molecule has 0 heterocycles. The molecule has 1 rings (SSSR count). The van der Waals surface area contributed by atoms with Gasteiger partial charge in [-0.15, -0.1) is 0 Å². The van der Waals surface area contributed by atoms with Gasteiger partial charge >= 0.3 is 12.1 Å².